The fourth-order valence-corrected chi connectivity index (χ4v) is 1.13. The number of hydrogen-bond donors (Lipinski definition) is 2. The lowest BCUT2D eigenvalue weighted by Gasteiger charge is -2.05. The normalized spacial score (nSPS) is 8.65. The zero-order chi connectivity index (χ0) is 12.8. The van der Waals surface area contributed by atoms with Gasteiger partial charge < -0.3 is 5.11 Å². The maximum atomic E-state index is 10.9. The molecule has 0 spiro atoms. The van der Waals surface area contributed by atoms with Gasteiger partial charge in [-0.3, -0.25) is 5.43 Å². The first-order valence-corrected chi connectivity index (χ1v) is 4.56. The van der Waals surface area contributed by atoms with E-state index in [1.165, 1.54) is 6.07 Å². The third-order valence-corrected chi connectivity index (χ3v) is 1.91. The van der Waals surface area contributed by atoms with Crippen LogP contribution in [0.25, 0.3) is 0 Å². The number of aryl methyl sites for hydroxylation is 1. The molecule has 1 aromatic rings. The summed E-state index contributed by atoms with van der Waals surface area (Å²) in [5.74, 6) is -1.11. The number of carboxylic acids is 1. The second-order valence-electron chi connectivity index (χ2n) is 3.15. The Hall–Kier alpha value is -2.86. The number of carboxylic acid groups (broad SMARTS) is 1. The molecular weight excluding hydrogens is 220 g/mol. The van der Waals surface area contributed by atoms with E-state index in [2.05, 4.69) is 10.5 Å². The van der Waals surface area contributed by atoms with Crippen LogP contribution in [0.15, 0.2) is 23.3 Å². The Morgan fingerprint density at radius 1 is 1.41 bits per heavy atom. The lowest BCUT2D eigenvalue weighted by Crippen LogP contribution is -2.04. The smallest absolute Gasteiger partial charge is 0.337 e. The Morgan fingerprint density at radius 3 is 2.59 bits per heavy atom. The van der Waals surface area contributed by atoms with Gasteiger partial charge >= 0.3 is 5.97 Å². The van der Waals surface area contributed by atoms with Crippen LogP contribution in [-0.4, -0.2) is 16.8 Å². The van der Waals surface area contributed by atoms with Crippen LogP contribution in [0.1, 0.15) is 15.9 Å². The number of benzene rings is 1. The number of hydrogen-bond acceptors (Lipinski definition) is 5. The molecule has 17 heavy (non-hydrogen) atoms. The van der Waals surface area contributed by atoms with Crippen molar-refractivity contribution >= 4 is 17.4 Å². The standard InChI is InChI=1S/C11H8N4O2/c1-7-2-3-9(11(16)17)10(4-7)15-14-8(5-12)6-13/h2-4,15H,1H3,(H,16,17). The van der Waals surface area contributed by atoms with Crippen molar-refractivity contribution in [2.75, 3.05) is 5.43 Å². The number of nitrogens with one attached hydrogen (secondary N) is 1. The summed E-state index contributed by atoms with van der Waals surface area (Å²) in [4.78, 5) is 10.9. The Morgan fingerprint density at radius 2 is 2.06 bits per heavy atom. The van der Waals surface area contributed by atoms with Crippen LogP contribution in [0.3, 0.4) is 0 Å². The lowest BCUT2D eigenvalue weighted by atomic mass is 10.1. The van der Waals surface area contributed by atoms with E-state index in [0.717, 1.165) is 5.56 Å². The summed E-state index contributed by atoms with van der Waals surface area (Å²) in [6, 6.07) is 7.77. The van der Waals surface area contributed by atoms with E-state index >= 15 is 0 Å². The van der Waals surface area contributed by atoms with Crippen LogP contribution in [0.2, 0.25) is 0 Å². The summed E-state index contributed by atoms with van der Waals surface area (Å²) in [7, 11) is 0. The van der Waals surface area contributed by atoms with Crippen molar-refractivity contribution in [3.8, 4) is 12.1 Å². The highest BCUT2D eigenvalue weighted by molar-refractivity contribution is 6.10. The summed E-state index contributed by atoms with van der Waals surface area (Å²) in [5.41, 5.74) is 3.12. The van der Waals surface area contributed by atoms with Crippen molar-refractivity contribution in [3.05, 3.63) is 29.3 Å². The molecule has 0 saturated carbocycles. The average molecular weight is 228 g/mol. The SMILES string of the molecule is Cc1ccc(C(=O)O)c(NN=C(C#N)C#N)c1. The summed E-state index contributed by atoms with van der Waals surface area (Å²) in [6.07, 6.45) is 0. The van der Waals surface area contributed by atoms with Gasteiger partial charge in [0.2, 0.25) is 5.71 Å². The Bertz CT molecular complexity index is 548. The van der Waals surface area contributed by atoms with Crippen LogP contribution < -0.4 is 5.43 Å². The van der Waals surface area contributed by atoms with Gasteiger partial charge in [0.05, 0.1) is 11.3 Å². The molecule has 0 unspecified atom stereocenters. The molecule has 2 N–H and O–H groups in total. The zero-order valence-corrected chi connectivity index (χ0v) is 8.93. The summed E-state index contributed by atoms with van der Waals surface area (Å²) in [6.45, 7) is 1.79. The van der Waals surface area contributed by atoms with Crippen molar-refractivity contribution in [2.24, 2.45) is 5.10 Å². The highest BCUT2D eigenvalue weighted by Crippen LogP contribution is 2.17. The van der Waals surface area contributed by atoms with Crippen molar-refractivity contribution in [1.82, 2.24) is 0 Å². The predicted octanol–water partition coefficient (Wildman–Crippen LogP) is 1.51. The number of aromatic carboxylic acids is 1. The summed E-state index contributed by atoms with van der Waals surface area (Å²) < 4.78 is 0. The second-order valence-corrected chi connectivity index (χ2v) is 3.15. The van der Waals surface area contributed by atoms with Crippen molar-refractivity contribution in [2.45, 2.75) is 6.92 Å². The van der Waals surface area contributed by atoms with Gasteiger partial charge in [-0.1, -0.05) is 6.07 Å². The van der Waals surface area contributed by atoms with E-state index in [0.29, 0.717) is 0 Å². The minimum atomic E-state index is -1.11. The molecular formula is C11H8N4O2. The second kappa shape index (κ2) is 5.29. The van der Waals surface area contributed by atoms with Crippen LogP contribution in [0, 0.1) is 29.6 Å². The largest absolute Gasteiger partial charge is 0.478 e. The van der Waals surface area contributed by atoms with Gasteiger partial charge in [-0.05, 0) is 24.6 Å². The molecule has 0 fully saturated rings. The van der Waals surface area contributed by atoms with Crippen LogP contribution in [-0.2, 0) is 0 Å². The highest BCUT2D eigenvalue weighted by Gasteiger charge is 2.09. The van der Waals surface area contributed by atoms with Gasteiger partial charge in [0.1, 0.15) is 12.1 Å². The van der Waals surface area contributed by atoms with Gasteiger partial charge in [-0.15, -0.1) is 0 Å². The number of nitrogens with zero attached hydrogens (tertiary/aromatic N) is 3. The third kappa shape index (κ3) is 3.05. The molecule has 0 heterocycles. The molecule has 0 atom stereocenters. The maximum Gasteiger partial charge on any atom is 0.337 e. The molecule has 0 aliphatic rings. The fourth-order valence-electron chi connectivity index (χ4n) is 1.13. The summed E-state index contributed by atoms with van der Waals surface area (Å²) >= 11 is 0. The van der Waals surface area contributed by atoms with E-state index < -0.39 is 5.97 Å². The quantitative estimate of drug-likeness (QED) is 0.601. The van der Waals surface area contributed by atoms with E-state index in [1.807, 2.05) is 0 Å². The van der Waals surface area contributed by atoms with Gasteiger partial charge in [0, 0.05) is 0 Å². The average Bonchev–Trinajstić information content (AvgIpc) is 2.30. The molecule has 1 aromatic carbocycles. The number of hydrazone groups is 1. The van der Waals surface area contributed by atoms with Crippen molar-refractivity contribution in [1.29, 1.82) is 10.5 Å². The van der Waals surface area contributed by atoms with E-state index in [4.69, 9.17) is 15.6 Å². The minimum absolute atomic E-state index is 0.0228. The van der Waals surface area contributed by atoms with E-state index in [9.17, 15) is 4.79 Å². The topological polar surface area (TPSA) is 109 Å². The third-order valence-electron chi connectivity index (χ3n) is 1.91. The van der Waals surface area contributed by atoms with Gasteiger partial charge in [-0.25, -0.2) is 4.79 Å². The fraction of sp³-hybridized carbons (Fsp3) is 0.0909. The minimum Gasteiger partial charge on any atom is -0.478 e. The molecule has 84 valence electrons. The molecule has 0 saturated heterocycles. The highest BCUT2D eigenvalue weighted by atomic mass is 16.4. The first-order chi connectivity index (χ1) is 8.08. The van der Waals surface area contributed by atoms with Gasteiger partial charge in [0.25, 0.3) is 0 Å². The predicted molar refractivity (Wildman–Crippen MR) is 60.4 cm³/mol. The zero-order valence-electron chi connectivity index (χ0n) is 8.93. The molecule has 0 radical (unpaired) electrons. The van der Waals surface area contributed by atoms with Crippen LogP contribution in [0.5, 0.6) is 0 Å². The van der Waals surface area contributed by atoms with E-state index in [1.54, 1.807) is 31.2 Å². The molecule has 6 heteroatoms. The number of rotatable bonds is 3. The number of anilines is 1. The maximum absolute atomic E-state index is 10.9. The molecule has 6 nitrogen and oxygen atoms in total. The van der Waals surface area contributed by atoms with Crippen LogP contribution in [0.4, 0.5) is 5.69 Å². The van der Waals surface area contributed by atoms with Gasteiger partial charge in [-0.2, -0.15) is 15.6 Å². The molecule has 0 aliphatic heterocycles. The van der Waals surface area contributed by atoms with Gasteiger partial charge in [0.15, 0.2) is 0 Å². The van der Waals surface area contributed by atoms with Crippen molar-refractivity contribution in [3.63, 3.8) is 0 Å². The molecule has 0 bridgehead atoms. The number of carbonyl (C=O) groups is 1. The van der Waals surface area contributed by atoms with E-state index in [-0.39, 0.29) is 17.0 Å². The van der Waals surface area contributed by atoms with Crippen LogP contribution >= 0.6 is 0 Å². The Balaban J connectivity index is 3.11. The van der Waals surface area contributed by atoms with Crippen molar-refractivity contribution < 1.29 is 9.90 Å². The first kappa shape index (κ1) is 12.2. The first-order valence-electron chi connectivity index (χ1n) is 4.56. The molecule has 0 aliphatic carbocycles. The summed E-state index contributed by atoms with van der Waals surface area (Å²) in [5, 5.41) is 29.4. The molecule has 0 amide bonds. The lowest BCUT2D eigenvalue weighted by molar-refractivity contribution is 0.0698. The molecule has 1 rings (SSSR count). The Labute approximate surface area is 97.4 Å². The molecule has 0 aromatic heterocycles. The Kier molecular flexibility index (Phi) is 3.80. The monoisotopic (exact) mass is 228 g/mol. The number of nitriles is 2.